The van der Waals surface area contributed by atoms with Gasteiger partial charge in [-0.2, -0.15) is 18.4 Å². The number of aromatic amines is 1. The molecule has 2 heterocycles. The highest BCUT2D eigenvalue weighted by atomic mass is 19.4. The van der Waals surface area contributed by atoms with Crippen LogP contribution in [0.3, 0.4) is 0 Å². The molecule has 3 aromatic rings. The molecule has 164 valence electrons. The van der Waals surface area contributed by atoms with Crippen molar-refractivity contribution in [2.75, 3.05) is 0 Å². The van der Waals surface area contributed by atoms with Crippen molar-refractivity contribution in [2.24, 2.45) is 0 Å². The van der Waals surface area contributed by atoms with Crippen molar-refractivity contribution in [1.29, 1.82) is 5.26 Å². The summed E-state index contributed by atoms with van der Waals surface area (Å²) >= 11 is 0. The number of aromatic nitrogens is 2. The topological polar surface area (TPSA) is 98.6 Å². The van der Waals surface area contributed by atoms with Crippen LogP contribution in [-0.2, 0) is 17.4 Å². The molecule has 0 unspecified atom stereocenters. The summed E-state index contributed by atoms with van der Waals surface area (Å²) in [6.07, 6.45) is -5.09. The van der Waals surface area contributed by atoms with Gasteiger partial charge in [-0.3, -0.25) is 9.59 Å². The molecule has 0 saturated carbocycles. The van der Waals surface area contributed by atoms with Gasteiger partial charge < -0.3 is 10.3 Å². The van der Waals surface area contributed by atoms with Crippen LogP contribution in [0.15, 0.2) is 35.1 Å². The van der Waals surface area contributed by atoms with Gasteiger partial charge in [-0.25, -0.2) is 9.37 Å². The van der Waals surface area contributed by atoms with Crippen LogP contribution >= 0.6 is 0 Å². The van der Waals surface area contributed by atoms with Crippen LogP contribution in [0.5, 0.6) is 0 Å². The molecule has 10 heteroatoms. The number of nitrogens with zero attached hydrogens (tertiary/aromatic N) is 2. The average Bonchev–Trinajstić information content (AvgIpc) is 2.69. The number of aryl methyl sites for hydroxylation is 1. The molecule has 0 aliphatic carbocycles. The molecule has 0 aliphatic rings. The van der Waals surface area contributed by atoms with E-state index in [1.54, 1.807) is 6.07 Å². The molecule has 0 bridgehead atoms. The lowest BCUT2D eigenvalue weighted by Crippen LogP contribution is -2.31. The third-order valence-electron chi connectivity index (χ3n) is 4.83. The summed E-state index contributed by atoms with van der Waals surface area (Å²) in [6, 6.07) is 6.73. The summed E-state index contributed by atoms with van der Waals surface area (Å²) < 4.78 is 53.1. The maximum atomic E-state index is 14.1. The smallest absolute Gasteiger partial charge is 0.349 e. The molecule has 6 nitrogen and oxygen atoms in total. The van der Waals surface area contributed by atoms with Crippen LogP contribution in [0.1, 0.15) is 43.8 Å². The number of nitriles is 1. The summed E-state index contributed by atoms with van der Waals surface area (Å²) in [5, 5.41) is 11.3. The van der Waals surface area contributed by atoms with Crippen molar-refractivity contribution >= 4 is 16.9 Å². The fourth-order valence-electron chi connectivity index (χ4n) is 3.21. The van der Waals surface area contributed by atoms with Gasteiger partial charge in [0, 0.05) is 14.0 Å². The Balaban J connectivity index is 0.00000272. The first kappa shape index (κ1) is 22.0. The Morgan fingerprint density at radius 3 is 2.65 bits per heavy atom. The van der Waals surface area contributed by atoms with E-state index < -0.39 is 41.6 Å². The third kappa shape index (κ3) is 4.55. The van der Waals surface area contributed by atoms with Crippen LogP contribution < -0.4 is 10.9 Å². The van der Waals surface area contributed by atoms with Gasteiger partial charge >= 0.3 is 6.18 Å². The Hall–Kier alpha value is -3.74. The maximum Gasteiger partial charge on any atom is 0.433 e. The summed E-state index contributed by atoms with van der Waals surface area (Å²) in [7, 11) is 0. The van der Waals surface area contributed by atoms with E-state index in [-0.39, 0.29) is 36.1 Å². The number of H-pyrrole nitrogens is 1. The maximum absolute atomic E-state index is 14.1. The number of amides is 1. The van der Waals surface area contributed by atoms with Crippen molar-refractivity contribution in [1.82, 2.24) is 15.3 Å². The highest BCUT2D eigenvalue weighted by Gasteiger charge is 2.33. The van der Waals surface area contributed by atoms with Gasteiger partial charge in [-0.15, -0.1) is 0 Å². The van der Waals surface area contributed by atoms with Gasteiger partial charge in [0.2, 0.25) is 5.91 Å². The molecule has 0 spiro atoms. The number of alkyl halides is 3. The lowest BCUT2D eigenvalue weighted by atomic mass is 10.0. The summed E-state index contributed by atoms with van der Waals surface area (Å²) in [4.78, 5) is 30.9. The Labute approximate surface area is 176 Å². The molecule has 1 atom stereocenters. The molecular weight excluding hydrogens is 416 g/mol. The first-order chi connectivity index (χ1) is 14.5. The summed E-state index contributed by atoms with van der Waals surface area (Å²) in [6.45, 7) is 2.94. The van der Waals surface area contributed by atoms with Gasteiger partial charge in [0.05, 0.1) is 35.1 Å². The lowest BCUT2D eigenvalue weighted by molar-refractivity contribution is -0.141. The van der Waals surface area contributed by atoms with E-state index in [1.807, 2.05) is 0 Å². The van der Waals surface area contributed by atoms with Gasteiger partial charge in [-0.05, 0) is 43.7 Å². The molecule has 0 saturated heterocycles. The van der Waals surface area contributed by atoms with Crippen LogP contribution in [-0.4, -0.2) is 15.9 Å². The zero-order chi connectivity index (χ0) is 22.9. The summed E-state index contributed by atoms with van der Waals surface area (Å²) in [5.74, 6) is -1.30. The second kappa shape index (κ2) is 8.18. The number of pyridine rings is 2. The second-order valence-electron chi connectivity index (χ2n) is 6.96. The number of nitrogens with one attached hydrogen (secondary N) is 2. The quantitative estimate of drug-likeness (QED) is 0.600. The van der Waals surface area contributed by atoms with E-state index in [2.05, 4.69) is 15.3 Å². The monoisotopic (exact) mass is 436 g/mol. The first-order valence-corrected chi connectivity index (χ1v) is 9.10. The molecule has 0 fully saturated rings. The SMILES string of the molecule is Cc1c(CC(=O)N[C@H](C)c2ccc(C#N)cc2F)c(=O)[nH]c2ccc(C(F)(F)F)nc12.[HH].[HH]. The van der Waals surface area contributed by atoms with E-state index in [4.69, 9.17) is 5.26 Å². The van der Waals surface area contributed by atoms with E-state index in [9.17, 15) is 27.2 Å². The molecule has 2 aromatic heterocycles. The predicted octanol–water partition coefficient (Wildman–Crippen LogP) is 4.17. The molecule has 0 radical (unpaired) electrons. The molecule has 1 aromatic carbocycles. The standard InChI is InChI=1S/C21H16F4N4O2.2H2/c1-10-14(20(31)28-16-5-6-17(21(23,24)25)29-19(10)16)8-18(30)27-11(2)13-4-3-12(9-26)7-15(13)22;;/h3-7,11H,8H2,1-2H3,(H,27,30)(H,28,31);2*1H/t11-;;/m1../s1. The average molecular weight is 436 g/mol. The minimum atomic E-state index is -4.66. The number of hydrogen-bond donors (Lipinski definition) is 2. The zero-order valence-electron chi connectivity index (χ0n) is 16.4. The lowest BCUT2D eigenvalue weighted by Gasteiger charge is -2.16. The minimum Gasteiger partial charge on any atom is -0.349 e. The molecular formula is C21H20F4N4O2. The number of halogens is 4. The normalized spacial score (nSPS) is 12.4. The van der Waals surface area contributed by atoms with Crippen LogP contribution in [0.2, 0.25) is 0 Å². The molecule has 2 N–H and O–H groups in total. The summed E-state index contributed by atoms with van der Waals surface area (Å²) in [5.41, 5.74) is -1.30. The van der Waals surface area contributed by atoms with Crippen molar-refractivity contribution in [3.8, 4) is 6.07 Å². The minimum absolute atomic E-state index is 0. The zero-order valence-corrected chi connectivity index (χ0v) is 16.4. The predicted molar refractivity (Wildman–Crippen MR) is 108 cm³/mol. The number of carbonyl (C=O) groups excluding carboxylic acids is 1. The second-order valence-corrected chi connectivity index (χ2v) is 6.96. The first-order valence-electron chi connectivity index (χ1n) is 9.10. The van der Waals surface area contributed by atoms with Gasteiger partial charge in [0.15, 0.2) is 0 Å². The molecule has 1 amide bonds. The van der Waals surface area contributed by atoms with Gasteiger partial charge in [0.1, 0.15) is 11.5 Å². The van der Waals surface area contributed by atoms with Crippen LogP contribution in [0.25, 0.3) is 11.0 Å². The van der Waals surface area contributed by atoms with Crippen LogP contribution in [0, 0.1) is 24.1 Å². The Kier molecular flexibility index (Phi) is 5.79. The highest BCUT2D eigenvalue weighted by Crippen LogP contribution is 2.29. The Morgan fingerprint density at radius 1 is 1.32 bits per heavy atom. The van der Waals surface area contributed by atoms with Gasteiger partial charge in [0.25, 0.3) is 5.56 Å². The largest absolute Gasteiger partial charge is 0.433 e. The van der Waals surface area contributed by atoms with Crippen molar-refractivity contribution in [3.63, 3.8) is 0 Å². The molecule has 3 rings (SSSR count). The van der Waals surface area contributed by atoms with E-state index in [0.29, 0.717) is 0 Å². The van der Waals surface area contributed by atoms with Crippen molar-refractivity contribution < 1.29 is 25.2 Å². The van der Waals surface area contributed by atoms with Crippen LogP contribution in [0.4, 0.5) is 17.6 Å². The Morgan fingerprint density at radius 2 is 2.03 bits per heavy atom. The third-order valence-corrected chi connectivity index (χ3v) is 4.83. The number of carbonyl (C=O) groups is 1. The van der Waals surface area contributed by atoms with Crippen molar-refractivity contribution in [3.05, 3.63) is 74.5 Å². The van der Waals surface area contributed by atoms with E-state index in [1.165, 1.54) is 26.0 Å². The number of hydrogen-bond acceptors (Lipinski definition) is 4. The Bertz CT molecular complexity index is 1290. The molecule has 0 aliphatic heterocycles. The van der Waals surface area contributed by atoms with Crippen molar-refractivity contribution in [2.45, 2.75) is 32.5 Å². The fraction of sp³-hybridized carbons (Fsp3) is 0.238. The highest BCUT2D eigenvalue weighted by molar-refractivity contribution is 5.83. The van der Waals surface area contributed by atoms with E-state index >= 15 is 0 Å². The van der Waals surface area contributed by atoms with E-state index in [0.717, 1.165) is 18.2 Å². The molecule has 31 heavy (non-hydrogen) atoms. The number of rotatable bonds is 4. The number of benzene rings is 1. The van der Waals surface area contributed by atoms with Gasteiger partial charge in [-0.1, -0.05) is 6.07 Å². The fourth-order valence-corrected chi connectivity index (χ4v) is 3.21. The number of fused-ring (bicyclic) bond motifs is 1.